The molecule has 1 aromatic carbocycles. The van der Waals surface area contributed by atoms with Gasteiger partial charge in [-0.1, -0.05) is 28.9 Å². The quantitative estimate of drug-likeness (QED) is 0.799. The van der Waals surface area contributed by atoms with E-state index in [-0.39, 0.29) is 18.3 Å². The van der Waals surface area contributed by atoms with Crippen molar-refractivity contribution in [1.29, 1.82) is 0 Å². The number of hydrogen-bond donors (Lipinski definition) is 0. The van der Waals surface area contributed by atoms with E-state index in [1.165, 1.54) is 6.26 Å². The predicted octanol–water partition coefficient (Wildman–Crippen LogP) is 2.32. The summed E-state index contributed by atoms with van der Waals surface area (Å²) >= 11 is 5.90. The number of carbonyl (C=O) groups excluding carboxylic acids is 1. The second-order valence-electron chi connectivity index (χ2n) is 4.30. The standard InChI is InChI=1S/C14H11ClN2O5/c15-10-3-1-2-9(6-10)13-16-12(22-17-13)8-21-14(18)11-7-19-4-5-20-11/h1-3,6-7H,4-5,8H2. The molecule has 3 rings (SSSR count). The number of aromatic nitrogens is 2. The number of rotatable bonds is 4. The summed E-state index contributed by atoms with van der Waals surface area (Å²) in [7, 11) is 0. The number of ether oxygens (including phenoxy) is 3. The van der Waals surface area contributed by atoms with Gasteiger partial charge in [0, 0.05) is 10.6 Å². The molecule has 2 heterocycles. The van der Waals surface area contributed by atoms with Gasteiger partial charge in [0.25, 0.3) is 5.89 Å². The van der Waals surface area contributed by atoms with Crippen LogP contribution in [0.5, 0.6) is 0 Å². The largest absolute Gasteiger partial charge is 0.493 e. The van der Waals surface area contributed by atoms with Crippen molar-refractivity contribution in [2.24, 2.45) is 0 Å². The maximum atomic E-state index is 11.7. The summed E-state index contributed by atoms with van der Waals surface area (Å²) < 4.78 is 20.1. The fourth-order valence-corrected chi connectivity index (χ4v) is 1.92. The molecule has 22 heavy (non-hydrogen) atoms. The Labute approximate surface area is 130 Å². The Morgan fingerprint density at radius 3 is 3.05 bits per heavy atom. The van der Waals surface area contributed by atoms with Crippen LogP contribution >= 0.6 is 11.6 Å². The molecule has 1 aromatic heterocycles. The topological polar surface area (TPSA) is 83.7 Å². The highest BCUT2D eigenvalue weighted by Crippen LogP contribution is 2.20. The molecule has 0 saturated carbocycles. The first-order valence-electron chi connectivity index (χ1n) is 6.42. The minimum Gasteiger partial charge on any atom is -0.493 e. The molecule has 0 N–H and O–H groups in total. The summed E-state index contributed by atoms with van der Waals surface area (Å²) in [5, 5.41) is 4.38. The monoisotopic (exact) mass is 322 g/mol. The first-order chi connectivity index (χ1) is 10.7. The Kier molecular flexibility index (Phi) is 4.24. The van der Waals surface area contributed by atoms with E-state index in [9.17, 15) is 4.79 Å². The molecule has 1 aliphatic rings. The zero-order valence-electron chi connectivity index (χ0n) is 11.3. The Hall–Kier alpha value is -2.54. The number of carbonyl (C=O) groups is 1. The van der Waals surface area contributed by atoms with E-state index < -0.39 is 5.97 Å². The van der Waals surface area contributed by atoms with E-state index in [0.29, 0.717) is 29.6 Å². The fourth-order valence-electron chi connectivity index (χ4n) is 1.73. The highest BCUT2D eigenvalue weighted by Gasteiger charge is 2.18. The maximum absolute atomic E-state index is 11.7. The Bertz CT molecular complexity index is 713. The van der Waals surface area contributed by atoms with E-state index in [0.717, 1.165) is 0 Å². The fraction of sp³-hybridized carbons (Fsp3) is 0.214. The number of esters is 1. The third-order valence-corrected chi connectivity index (χ3v) is 2.96. The molecule has 1 aliphatic heterocycles. The van der Waals surface area contributed by atoms with Crippen LogP contribution in [0.2, 0.25) is 5.02 Å². The van der Waals surface area contributed by atoms with E-state index in [4.69, 9.17) is 30.3 Å². The number of hydrogen-bond acceptors (Lipinski definition) is 7. The highest BCUT2D eigenvalue weighted by molar-refractivity contribution is 6.30. The molecule has 7 nitrogen and oxygen atoms in total. The molecule has 0 radical (unpaired) electrons. The number of benzene rings is 1. The first-order valence-corrected chi connectivity index (χ1v) is 6.80. The van der Waals surface area contributed by atoms with Crippen molar-refractivity contribution in [3.05, 3.63) is 47.2 Å². The van der Waals surface area contributed by atoms with Crippen LogP contribution in [0, 0.1) is 0 Å². The van der Waals surface area contributed by atoms with Gasteiger partial charge in [0.2, 0.25) is 11.6 Å². The number of halogens is 1. The van der Waals surface area contributed by atoms with Crippen molar-refractivity contribution in [3.8, 4) is 11.4 Å². The van der Waals surface area contributed by atoms with E-state index >= 15 is 0 Å². The van der Waals surface area contributed by atoms with Crippen LogP contribution in [0.4, 0.5) is 0 Å². The van der Waals surface area contributed by atoms with Crippen LogP contribution in [0.1, 0.15) is 5.89 Å². The van der Waals surface area contributed by atoms with Gasteiger partial charge in [-0.3, -0.25) is 0 Å². The lowest BCUT2D eigenvalue weighted by Crippen LogP contribution is -2.17. The molecule has 8 heteroatoms. The van der Waals surface area contributed by atoms with Crippen molar-refractivity contribution in [1.82, 2.24) is 10.1 Å². The van der Waals surface area contributed by atoms with Crippen LogP contribution in [-0.2, 0) is 25.6 Å². The smallest absolute Gasteiger partial charge is 0.377 e. The summed E-state index contributed by atoms with van der Waals surface area (Å²) in [6, 6.07) is 7.03. The van der Waals surface area contributed by atoms with Gasteiger partial charge in [-0.2, -0.15) is 4.98 Å². The van der Waals surface area contributed by atoms with Gasteiger partial charge in [0.1, 0.15) is 19.5 Å². The molecule has 2 aromatic rings. The summed E-state index contributed by atoms with van der Waals surface area (Å²) in [5.41, 5.74) is 0.709. The highest BCUT2D eigenvalue weighted by atomic mass is 35.5. The summed E-state index contributed by atoms with van der Waals surface area (Å²) in [5.74, 6) is -0.103. The van der Waals surface area contributed by atoms with Crippen LogP contribution in [0.3, 0.4) is 0 Å². The molecule has 0 unspecified atom stereocenters. The van der Waals surface area contributed by atoms with E-state index in [2.05, 4.69) is 10.1 Å². The Morgan fingerprint density at radius 2 is 2.27 bits per heavy atom. The van der Waals surface area contributed by atoms with Crippen LogP contribution in [-0.4, -0.2) is 29.3 Å². The van der Waals surface area contributed by atoms with Crippen molar-refractivity contribution >= 4 is 17.6 Å². The van der Waals surface area contributed by atoms with Crippen molar-refractivity contribution in [3.63, 3.8) is 0 Å². The lowest BCUT2D eigenvalue weighted by Gasteiger charge is -2.13. The second kappa shape index (κ2) is 6.48. The van der Waals surface area contributed by atoms with Gasteiger partial charge in [-0.25, -0.2) is 4.79 Å². The van der Waals surface area contributed by atoms with Gasteiger partial charge in [0.05, 0.1) is 0 Å². The molecule has 0 atom stereocenters. The maximum Gasteiger partial charge on any atom is 0.377 e. The molecular formula is C14H11ClN2O5. The lowest BCUT2D eigenvalue weighted by molar-refractivity contribution is -0.146. The lowest BCUT2D eigenvalue weighted by atomic mass is 10.2. The third kappa shape index (κ3) is 3.37. The Morgan fingerprint density at radius 1 is 1.36 bits per heavy atom. The normalized spacial score (nSPS) is 13.8. The van der Waals surface area contributed by atoms with E-state index in [1.807, 2.05) is 0 Å². The van der Waals surface area contributed by atoms with Crippen LogP contribution < -0.4 is 0 Å². The molecule has 114 valence electrons. The summed E-state index contributed by atoms with van der Waals surface area (Å²) in [4.78, 5) is 15.8. The second-order valence-corrected chi connectivity index (χ2v) is 4.74. The first kappa shape index (κ1) is 14.4. The number of nitrogens with zero attached hydrogens (tertiary/aromatic N) is 2. The summed E-state index contributed by atoms with van der Waals surface area (Å²) in [6.07, 6.45) is 1.22. The summed E-state index contributed by atoms with van der Waals surface area (Å²) in [6.45, 7) is 0.553. The zero-order chi connectivity index (χ0) is 15.4. The van der Waals surface area contributed by atoms with Crippen LogP contribution in [0.15, 0.2) is 40.8 Å². The van der Waals surface area contributed by atoms with Crippen LogP contribution in [0.25, 0.3) is 11.4 Å². The molecule has 0 bridgehead atoms. The average Bonchev–Trinajstić information content (AvgIpc) is 3.02. The van der Waals surface area contributed by atoms with Crippen molar-refractivity contribution in [2.75, 3.05) is 13.2 Å². The SMILES string of the molecule is O=C(OCc1nc(-c2cccc(Cl)c2)no1)C1=COCCO1. The van der Waals surface area contributed by atoms with Crippen molar-refractivity contribution < 1.29 is 23.5 Å². The van der Waals surface area contributed by atoms with E-state index in [1.54, 1.807) is 24.3 Å². The van der Waals surface area contributed by atoms with Gasteiger partial charge in [-0.05, 0) is 12.1 Å². The van der Waals surface area contributed by atoms with Gasteiger partial charge in [-0.15, -0.1) is 0 Å². The molecule has 0 fully saturated rings. The molecular weight excluding hydrogens is 312 g/mol. The predicted molar refractivity (Wildman–Crippen MR) is 74.5 cm³/mol. The molecule has 0 amide bonds. The molecule has 0 spiro atoms. The zero-order valence-corrected chi connectivity index (χ0v) is 12.1. The third-order valence-electron chi connectivity index (χ3n) is 2.73. The minimum atomic E-state index is -0.651. The van der Waals surface area contributed by atoms with Gasteiger partial charge < -0.3 is 18.7 Å². The average molecular weight is 323 g/mol. The molecule has 0 aliphatic carbocycles. The molecule has 0 saturated heterocycles. The van der Waals surface area contributed by atoms with Crippen molar-refractivity contribution in [2.45, 2.75) is 6.61 Å². The minimum absolute atomic E-state index is 0.0147. The van der Waals surface area contributed by atoms with Gasteiger partial charge >= 0.3 is 5.97 Å². The van der Waals surface area contributed by atoms with Gasteiger partial charge in [0.15, 0.2) is 6.61 Å². The Balaban J connectivity index is 1.62.